The summed E-state index contributed by atoms with van der Waals surface area (Å²) in [6, 6.07) is 0. The highest BCUT2D eigenvalue weighted by atomic mass is 31.2. The lowest BCUT2D eigenvalue weighted by atomic mass is 9.99. The predicted octanol–water partition coefficient (Wildman–Crippen LogP) is 22.3. The number of rotatable bonds is 75. The second kappa shape index (κ2) is 67.9. The Morgan fingerprint density at radius 3 is 0.747 bits per heavy atom. The minimum atomic E-state index is -4.96. The van der Waals surface area contributed by atoms with Crippen LogP contribution in [0, 0.1) is 11.8 Å². The lowest BCUT2D eigenvalue weighted by molar-refractivity contribution is -0.161. The first-order chi connectivity index (χ1) is 45.9. The predicted molar refractivity (Wildman–Crippen MR) is 386 cm³/mol. The maximum atomic E-state index is 13.1. The summed E-state index contributed by atoms with van der Waals surface area (Å²) in [6.07, 6.45) is 55.9. The zero-order chi connectivity index (χ0) is 70.0. The van der Waals surface area contributed by atoms with Crippen LogP contribution in [0.2, 0.25) is 0 Å². The van der Waals surface area contributed by atoms with E-state index in [4.69, 9.17) is 37.0 Å². The van der Waals surface area contributed by atoms with Crippen LogP contribution in [0.3, 0.4) is 0 Å². The zero-order valence-electron chi connectivity index (χ0n) is 62.0. The third-order valence-corrected chi connectivity index (χ3v) is 20.3. The number of phosphoric acid groups is 2. The van der Waals surface area contributed by atoms with Crippen LogP contribution in [0.5, 0.6) is 0 Å². The maximum Gasteiger partial charge on any atom is 0.472 e. The molecule has 7 atom stereocenters. The molecule has 0 aliphatic carbocycles. The molecule has 0 bridgehead atoms. The van der Waals surface area contributed by atoms with E-state index in [1.165, 1.54) is 205 Å². The molecule has 3 N–H and O–H groups in total. The molecular formula is C76H148O17P2. The highest BCUT2D eigenvalue weighted by molar-refractivity contribution is 7.47. The van der Waals surface area contributed by atoms with E-state index in [0.717, 1.165) is 108 Å². The van der Waals surface area contributed by atoms with Crippen molar-refractivity contribution in [3.8, 4) is 0 Å². The van der Waals surface area contributed by atoms with Gasteiger partial charge < -0.3 is 33.8 Å². The van der Waals surface area contributed by atoms with Gasteiger partial charge in [-0.05, 0) is 37.5 Å². The van der Waals surface area contributed by atoms with Crippen LogP contribution in [0.25, 0.3) is 0 Å². The average Bonchev–Trinajstić information content (AvgIpc) is 1.64. The first-order valence-electron chi connectivity index (χ1n) is 39.6. The molecule has 0 saturated carbocycles. The fourth-order valence-electron chi connectivity index (χ4n) is 11.6. The number of hydrogen-bond donors (Lipinski definition) is 3. The summed E-state index contributed by atoms with van der Waals surface area (Å²) in [4.78, 5) is 72.5. The number of unbranched alkanes of at least 4 members (excludes halogenated alkanes) is 43. The molecule has 19 heteroatoms. The Kier molecular flexibility index (Phi) is 66.5. The monoisotopic (exact) mass is 1400 g/mol. The van der Waals surface area contributed by atoms with Gasteiger partial charge >= 0.3 is 39.5 Å². The van der Waals surface area contributed by atoms with Gasteiger partial charge in [0.05, 0.1) is 26.4 Å². The van der Waals surface area contributed by atoms with Crippen LogP contribution >= 0.6 is 15.6 Å². The van der Waals surface area contributed by atoms with Crippen LogP contribution in [0.1, 0.15) is 395 Å². The maximum absolute atomic E-state index is 13.1. The highest BCUT2D eigenvalue weighted by Gasteiger charge is 2.30. The molecule has 4 unspecified atom stereocenters. The normalized spacial score (nSPS) is 14.6. The molecule has 95 heavy (non-hydrogen) atoms. The minimum absolute atomic E-state index is 0.104. The van der Waals surface area contributed by atoms with Gasteiger partial charge in [-0.15, -0.1) is 0 Å². The number of hydrogen-bond acceptors (Lipinski definition) is 15. The fraction of sp³-hybridized carbons (Fsp3) is 0.947. The summed E-state index contributed by atoms with van der Waals surface area (Å²) in [6.45, 7) is 9.55. The second-order valence-electron chi connectivity index (χ2n) is 27.9. The van der Waals surface area contributed by atoms with E-state index < -0.39 is 97.5 Å². The van der Waals surface area contributed by atoms with E-state index in [-0.39, 0.29) is 25.7 Å². The van der Waals surface area contributed by atoms with E-state index >= 15 is 0 Å². The summed E-state index contributed by atoms with van der Waals surface area (Å²) in [5.74, 6) is -0.509. The first kappa shape index (κ1) is 93.1. The molecule has 0 amide bonds. The lowest BCUT2D eigenvalue weighted by Gasteiger charge is -2.21. The van der Waals surface area contributed by atoms with Gasteiger partial charge in [0.2, 0.25) is 0 Å². The number of aliphatic hydroxyl groups excluding tert-OH is 1. The van der Waals surface area contributed by atoms with E-state index in [1.807, 2.05) is 0 Å². The van der Waals surface area contributed by atoms with Crippen molar-refractivity contribution in [1.29, 1.82) is 0 Å². The number of carbonyl (C=O) groups excluding carboxylic acids is 4. The Morgan fingerprint density at radius 2 is 0.505 bits per heavy atom. The van der Waals surface area contributed by atoms with E-state index in [2.05, 4.69) is 41.5 Å². The van der Waals surface area contributed by atoms with Crippen LogP contribution in [0.4, 0.5) is 0 Å². The summed E-state index contributed by atoms with van der Waals surface area (Å²) in [5, 5.41) is 10.6. The lowest BCUT2D eigenvalue weighted by Crippen LogP contribution is -2.30. The molecule has 17 nitrogen and oxygen atoms in total. The van der Waals surface area contributed by atoms with Crippen molar-refractivity contribution in [2.24, 2.45) is 11.8 Å². The molecule has 0 spiro atoms. The van der Waals surface area contributed by atoms with Crippen molar-refractivity contribution in [3.63, 3.8) is 0 Å². The van der Waals surface area contributed by atoms with Crippen molar-refractivity contribution < 1.29 is 80.2 Å². The Bertz CT molecular complexity index is 1840. The van der Waals surface area contributed by atoms with Gasteiger partial charge in [-0.2, -0.15) is 0 Å². The fourth-order valence-corrected chi connectivity index (χ4v) is 13.2. The topological polar surface area (TPSA) is 237 Å². The Labute approximate surface area is 581 Å². The summed E-state index contributed by atoms with van der Waals surface area (Å²) < 4.78 is 68.3. The van der Waals surface area contributed by atoms with Crippen molar-refractivity contribution in [3.05, 3.63) is 0 Å². The number of esters is 4. The van der Waals surface area contributed by atoms with Crippen molar-refractivity contribution in [1.82, 2.24) is 0 Å². The highest BCUT2D eigenvalue weighted by Crippen LogP contribution is 2.45. The van der Waals surface area contributed by atoms with Crippen molar-refractivity contribution in [2.75, 3.05) is 39.6 Å². The molecule has 0 rings (SSSR count). The van der Waals surface area contributed by atoms with E-state index in [1.54, 1.807) is 0 Å². The van der Waals surface area contributed by atoms with Crippen LogP contribution in [-0.4, -0.2) is 96.7 Å². The number of ether oxygens (including phenoxy) is 4. The molecule has 0 heterocycles. The van der Waals surface area contributed by atoms with Crippen LogP contribution < -0.4 is 0 Å². The average molecular weight is 1400 g/mol. The first-order valence-corrected chi connectivity index (χ1v) is 42.6. The molecule has 0 fully saturated rings. The summed E-state index contributed by atoms with van der Waals surface area (Å²) in [5.41, 5.74) is 0. The Morgan fingerprint density at radius 1 is 0.295 bits per heavy atom. The molecule has 0 aliphatic heterocycles. The minimum Gasteiger partial charge on any atom is -0.462 e. The standard InChI is InChI=1S/C76H148O17P2/c1-7-11-13-15-16-17-18-19-20-21-22-23-24-25-30-33-36-42-48-54-60-75(80)93-72(65-87-74(79)59-53-47-41-35-32-29-27-26-28-31-34-39-45-50-56-68(5)9-3)67-91-95(84,85)89-63-70(77)62-88-94(82,83)90-66-71(64-86-73(78)58-52-44-14-12-8-2)92-76(81)61-55-49-43-38-37-40-46-51-57-69(6)10-4/h68-72,77H,7-67H2,1-6H3,(H,82,83)(H,84,85)/t68?,69?,70-,71+,72+/m0/s1. The largest absolute Gasteiger partial charge is 0.472 e. The van der Waals surface area contributed by atoms with Gasteiger partial charge in [-0.3, -0.25) is 37.3 Å². The smallest absolute Gasteiger partial charge is 0.462 e. The van der Waals surface area contributed by atoms with Crippen LogP contribution in [0.15, 0.2) is 0 Å². The summed E-state index contributed by atoms with van der Waals surface area (Å²) >= 11 is 0. The molecule has 0 aromatic heterocycles. The van der Waals surface area contributed by atoms with E-state index in [0.29, 0.717) is 25.7 Å². The number of aliphatic hydroxyl groups is 1. The molecular weight excluding hydrogens is 1250 g/mol. The quantitative estimate of drug-likeness (QED) is 0.0222. The number of phosphoric ester groups is 2. The van der Waals surface area contributed by atoms with Crippen LogP contribution in [-0.2, 0) is 65.4 Å². The molecule has 0 aromatic carbocycles. The van der Waals surface area contributed by atoms with Gasteiger partial charge in [0.15, 0.2) is 12.2 Å². The van der Waals surface area contributed by atoms with Gasteiger partial charge in [-0.1, -0.05) is 343 Å². The SMILES string of the molecule is CCCCCCCCCCCCCCCCCCCCCCC(=O)O[C@H](COC(=O)CCCCCCCCCCCCCCCCC(C)CC)COP(=O)(O)OC[C@@H](O)COP(=O)(O)OC[C@@H](COC(=O)CCCCCCC)OC(=O)CCCCCCCCCCC(C)CC. The third-order valence-electron chi connectivity index (χ3n) is 18.4. The van der Waals surface area contributed by atoms with Crippen molar-refractivity contribution >= 4 is 39.5 Å². The zero-order valence-corrected chi connectivity index (χ0v) is 63.8. The summed E-state index contributed by atoms with van der Waals surface area (Å²) in [7, 11) is -9.90. The van der Waals surface area contributed by atoms with Gasteiger partial charge in [-0.25, -0.2) is 9.13 Å². The Hall–Kier alpha value is -1.94. The van der Waals surface area contributed by atoms with Gasteiger partial charge in [0, 0.05) is 25.7 Å². The molecule has 0 radical (unpaired) electrons. The van der Waals surface area contributed by atoms with E-state index in [9.17, 15) is 43.2 Å². The van der Waals surface area contributed by atoms with Gasteiger partial charge in [0.1, 0.15) is 19.3 Å². The molecule has 0 aliphatic rings. The Balaban J connectivity index is 5.14. The van der Waals surface area contributed by atoms with Crippen molar-refractivity contribution in [2.45, 2.75) is 413 Å². The number of carbonyl (C=O) groups is 4. The molecule has 0 aromatic rings. The second-order valence-corrected chi connectivity index (χ2v) is 30.8. The molecule has 0 saturated heterocycles. The molecule has 564 valence electrons. The third kappa shape index (κ3) is 67.6. The van der Waals surface area contributed by atoms with Gasteiger partial charge in [0.25, 0.3) is 0 Å².